The van der Waals surface area contributed by atoms with Gasteiger partial charge >= 0.3 is 0 Å². The maximum absolute atomic E-state index is 5.87. The van der Waals surface area contributed by atoms with Crippen molar-refractivity contribution in [1.29, 1.82) is 0 Å². The van der Waals surface area contributed by atoms with Crippen molar-refractivity contribution in [3.05, 3.63) is 0 Å². The summed E-state index contributed by atoms with van der Waals surface area (Å²) in [6.07, 6.45) is 10.1. The number of methoxy groups -OCH3 is 1. The van der Waals surface area contributed by atoms with E-state index in [9.17, 15) is 0 Å². The first-order chi connectivity index (χ1) is 6.90. The zero-order valence-corrected chi connectivity index (χ0v) is 9.21. The van der Waals surface area contributed by atoms with Crippen molar-refractivity contribution in [3.8, 4) is 0 Å². The first kappa shape index (κ1) is 10.4. The van der Waals surface area contributed by atoms with Crippen LogP contribution in [0.2, 0.25) is 0 Å². The van der Waals surface area contributed by atoms with Crippen LogP contribution < -0.4 is 0 Å². The Labute approximate surface area is 87.0 Å². The normalized spacial score (nSPS) is 35.8. The van der Waals surface area contributed by atoms with Crippen LogP contribution in [0.4, 0.5) is 0 Å². The number of hydrogen-bond donors (Lipinski definition) is 0. The van der Waals surface area contributed by atoms with Crippen LogP contribution in [-0.4, -0.2) is 25.9 Å². The third-order valence-corrected chi connectivity index (χ3v) is 3.78. The van der Waals surface area contributed by atoms with Crippen LogP contribution in [-0.2, 0) is 9.47 Å². The van der Waals surface area contributed by atoms with Crippen molar-refractivity contribution in [2.45, 2.75) is 57.2 Å². The van der Waals surface area contributed by atoms with Gasteiger partial charge < -0.3 is 9.47 Å². The van der Waals surface area contributed by atoms with Crippen molar-refractivity contribution in [3.63, 3.8) is 0 Å². The average Bonchev–Trinajstić information content (AvgIpc) is 2.30. The molecular weight excluding hydrogens is 176 g/mol. The molecule has 1 aliphatic heterocycles. The minimum atomic E-state index is 0.454. The first-order valence-electron chi connectivity index (χ1n) is 6.04. The molecule has 0 aromatic carbocycles. The minimum absolute atomic E-state index is 0.454. The molecule has 0 radical (unpaired) electrons. The molecule has 2 nitrogen and oxygen atoms in total. The van der Waals surface area contributed by atoms with E-state index in [1.807, 2.05) is 7.11 Å². The molecule has 1 saturated carbocycles. The van der Waals surface area contributed by atoms with Gasteiger partial charge in [-0.1, -0.05) is 19.3 Å². The van der Waals surface area contributed by atoms with E-state index in [1.165, 1.54) is 32.1 Å². The summed E-state index contributed by atoms with van der Waals surface area (Å²) in [4.78, 5) is 0. The lowest BCUT2D eigenvalue weighted by Crippen LogP contribution is -2.36. The Morgan fingerprint density at radius 3 is 2.57 bits per heavy atom. The molecule has 1 heterocycles. The molecule has 2 rings (SSSR count). The highest BCUT2D eigenvalue weighted by Gasteiger charge is 2.29. The molecule has 2 fully saturated rings. The lowest BCUT2D eigenvalue weighted by Gasteiger charge is -2.35. The molecule has 0 amide bonds. The fourth-order valence-corrected chi connectivity index (χ4v) is 2.84. The van der Waals surface area contributed by atoms with Gasteiger partial charge in [0.25, 0.3) is 0 Å². The SMILES string of the molecule is COC1CCOC(C2CCCCC2)C1. The smallest absolute Gasteiger partial charge is 0.0628 e. The molecule has 0 aromatic heterocycles. The lowest BCUT2D eigenvalue weighted by molar-refractivity contribution is -0.0863. The molecule has 14 heavy (non-hydrogen) atoms. The summed E-state index contributed by atoms with van der Waals surface area (Å²) >= 11 is 0. The summed E-state index contributed by atoms with van der Waals surface area (Å²) in [7, 11) is 1.83. The Morgan fingerprint density at radius 1 is 1.07 bits per heavy atom. The largest absolute Gasteiger partial charge is 0.381 e. The van der Waals surface area contributed by atoms with Gasteiger partial charge in [0, 0.05) is 20.1 Å². The van der Waals surface area contributed by atoms with Gasteiger partial charge in [-0.25, -0.2) is 0 Å². The molecule has 2 atom stereocenters. The molecule has 1 saturated heterocycles. The van der Waals surface area contributed by atoms with Crippen LogP contribution in [0, 0.1) is 5.92 Å². The Kier molecular flexibility index (Phi) is 3.82. The molecule has 0 N–H and O–H groups in total. The molecule has 0 bridgehead atoms. The molecule has 2 aliphatic rings. The summed E-state index contributed by atoms with van der Waals surface area (Å²) in [5, 5.41) is 0. The van der Waals surface area contributed by atoms with E-state index in [1.54, 1.807) is 0 Å². The van der Waals surface area contributed by atoms with Crippen molar-refractivity contribution in [2.24, 2.45) is 5.92 Å². The van der Waals surface area contributed by atoms with E-state index in [-0.39, 0.29) is 0 Å². The van der Waals surface area contributed by atoms with Crippen LogP contribution in [0.1, 0.15) is 44.9 Å². The monoisotopic (exact) mass is 198 g/mol. The van der Waals surface area contributed by atoms with Crippen molar-refractivity contribution in [1.82, 2.24) is 0 Å². The summed E-state index contributed by atoms with van der Waals surface area (Å²) in [6.45, 7) is 0.902. The molecule has 2 unspecified atom stereocenters. The third-order valence-electron chi connectivity index (χ3n) is 3.78. The van der Waals surface area contributed by atoms with Gasteiger partial charge in [0.2, 0.25) is 0 Å². The third kappa shape index (κ3) is 2.48. The first-order valence-corrected chi connectivity index (χ1v) is 6.04. The van der Waals surface area contributed by atoms with Gasteiger partial charge in [-0.2, -0.15) is 0 Å². The molecule has 2 heteroatoms. The zero-order chi connectivity index (χ0) is 9.80. The second-order valence-corrected chi connectivity index (χ2v) is 4.69. The highest BCUT2D eigenvalue weighted by atomic mass is 16.5. The van der Waals surface area contributed by atoms with E-state index in [2.05, 4.69) is 0 Å². The van der Waals surface area contributed by atoms with E-state index in [0.717, 1.165) is 25.4 Å². The van der Waals surface area contributed by atoms with Crippen molar-refractivity contribution >= 4 is 0 Å². The summed E-state index contributed by atoms with van der Waals surface area (Å²) in [5.41, 5.74) is 0. The van der Waals surface area contributed by atoms with Gasteiger partial charge in [-0.15, -0.1) is 0 Å². The fourth-order valence-electron chi connectivity index (χ4n) is 2.84. The highest BCUT2D eigenvalue weighted by molar-refractivity contribution is 4.80. The van der Waals surface area contributed by atoms with Crippen LogP contribution in [0.3, 0.4) is 0 Å². The van der Waals surface area contributed by atoms with Gasteiger partial charge in [-0.3, -0.25) is 0 Å². The Hall–Kier alpha value is -0.0800. The minimum Gasteiger partial charge on any atom is -0.381 e. The number of ether oxygens (including phenoxy) is 2. The Morgan fingerprint density at radius 2 is 1.86 bits per heavy atom. The molecule has 82 valence electrons. The second-order valence-electron chi connectivity index (χ2n) is 4.69. The van der Waals surface area contributed by atoms with Gasteiger partial charge in [0.1, 0.15) is 0 Å². The fraction of sp³-hybridized carbons (Fsp3) is 1.00. The lowest BCUT2D eigenvalue weighted by atomic mass is 9.82. The van der Waals surface area contributed by atoms with Crippen molar-refractivity contribution < 1.29 is 9.47 Å². The molecule has 1 aliphatic carbocycles. The Balaban J connectivity index is 1.83. The predicted octanol–water partition coefficient (Wildman–Crippen LogP) is 2.76. The summed E-state index contributed by atoms with van der Waals surface area (Å²) < 4.78 is 11.3. The van der Waals surface area contributed by atoms with Gasteiger partial charge in [0.15, 0.2) is 0 Å². The van der Waals surface area contributed by atoms with Crippen LogP contribution in [0.15, 0.2) is 0 Å². The second kappa shape index (κ2) is 5.13. The summed E-state index contributed by atoms with van der Waals surface area (Å²) in [5.74, 6) is 0.821. The van der Waals surface area contributed by atoms with Crippen molar-refractivity contribution in [2.75, 3.05) is 13.7 Å². The average molecular weight is 198 g/mol. The van der Waals surface area contributed by atoms with E-state index < -0.39 is 0 Å². The maximum atomic E-state index is 5.87. The zero-order valence-electron chi connectivity index (χ0n) is 9.21. The van der Waals surface area contributed by atoms with E-state index in [4.69, 9.17) is 9.47 Å². The standard InChI is InChI=1S/C12H22O2/c1-13-11-7-8-14-12(9-11)10-5-3-2-4-6-10/h10-12H,2-9H2,1H3. The quantitative estimate of drug-likeness (QED) is 0.679. The highest BCUT2D eigenvalue weighted by Crippen LogP contribution is 2.32. The van der Waals surface area contributed by atoms with Crippen LogP contribution in [0.25, 0.3) is 0 Å². The number of hydrogen-bond acceptors (Lipinski definition) is 2. The van der Waals surface area contributed by atoms with E-state index >= 15 is 0 Å². The summed E-state index contributed by atoms with van der Waals surface area (Å²) in [6, 6.07) is 0. The van der Waals surface area contributed by atoms with Crippen LogP contribution in [0.5, 0.6) is 0 Å². The van der Waals surface area contributed by atoms with E-state index in [0.29, 0.717) is 12.2 Å². The maximum Gasteiger partial charge on any atom is 0.0628 e. The van der Waals surface area contributed by atoms with Gasteiger partial charge in [-0.05, 0) is 25.2 Å². The topological polar surface area (TPSA) is 18.5 Å². The Bertz CT molecular complexity index is 164. The molecular formula is C12H22O2. The van der Waals surface area contributed by atoms with Gasteiger partial charge in [0.05, 0.1) is 12.2 Å². The molecule has 0 aromatic rings. The number of rotatable bonds is 2. The van der Waals surface area contributed by atoms with Crippen LogP contribution >= 0.6 is 0 Å². The molecule has 0 spiro atoms. The predicted molar refractivity (Wildman–Crippen MR) is 56.3 cm³/mol.